The average molecular weight is 515 g/mol. The summed E-state index contributed by atoms with van der Waals surface area (Å²) in [6.07, 6.45) is 12.4. The summed E-state index contributed by atoms with van der Waals surface area (Å²) in [5, 5.41) is 2.63. The largest absolute Gasteiger partial charge is 0.364 e. The molecule has 0 aliphatic heterocycles. The van der Waals surface area contributed by atoms with Crippen molar-refractivity contribution in [1.82, 2.24) is 9.97 Å². The summed E-state index contributed by atoms with van der Waals surface area (Å²) in [5.74, 6) is 0. The van der Waals surface area contributed by atoms with Gasteiger partial charge >= 0.3 is 0 Å². The minimum absolute atomic E-state index is 0.877. The molecule has 4 aromatic rings. The second-order valence-electron chi connectivity index (χ2n) is 8.31. The van der Waals surface area contributed by atoms with Gasteiger partial charge in [0.05, 0.1) is 21.4 Å². The van der Waals surface area contributed by atoms with Crippen LogP contribution >= 0.6 is 22.7 Å². The lowest BCUT2D eigenvalue weighted by Gasteiger charge is -2.17. The van der Waals surface area contributed by atoms with Crippen LogP contribution in [0.5, 0.6) is 0 Å². The molecule has 0 aliphatic carbocycles. The number of hydrogen-bond acceptors (Lipinski definition) is 6. The molecule has 4 rings (SSSR count). The van der Waals surface area contributed by atoms with Crippen molar-refractivity contribution in [3.63, 3.8) is 0 Å². The highest BCUT2D eigenvalue weighted by Crippen LogP contribution is 2.29. The summed E-state index contributed by atoms with van der Waals surface area (Å²) in [7, 11) is 0. The number of aromatic nitrogens is 2. The van der Waals surface area contributed by atoms with Gasteiger partial charge in [0, 0.05) is 48.3 Å². The van der Waals surface area contributed by atoms with Gasteiger partial charge in [-0.05, 0) is 99.5 Å². The summed E-state index contributed by atoms with van der Waals surface area (Å²) in [5.41, 5.74) is 3.98. The number of hydrogen-bond donors (Lipinski definition) is 0. The van der Waals surface area contributed by atoms with E-state index in [2.05, 4.69) is 108 Å². The van der Waals surface area contributed by atoms with Crippen LogP contribution in [0, 0.1) is 0 Å². The molecule has 4 nitrogen and oxygen atoms in total. The SMILES string of the molecule is CCN(CC)c1ccc(/C=C/c2ccnc(-c3cc(/C=C/c4ccc(N(CC)CC)s4)ccn3)c2)s1. The van der Waals surface area contributed by atoms with E-state index in [9.17, 15) is 0 Å². The Hall–Kier alpha value is -3.22. The van der Waals surface area contributed by atoms with Crippen LogP contribution in [0.3, 0.4) is 0 Å². The van der Waals surface area contributed by atoms with E-state index in [1.54, 1.807) is 0 Å². The van der Waals surface area contributed by atoms with Crippen LogP contribution in [0.1, 0.15) is 48.6 Å². The molecule has 0 saturated carbocycles. The second-order valence-corrected chi connectivity index (χ2v) is 10.5. The fourth-order valence-corrected chi connectivity index (χ4v) is 6.09. The van der Waals surface area contributed by atoms with Crippen LogP contribution in [-0.4, -0.2) is 36.1 Å². The van der Waals surface area contributed by atoms with Crippen LogP contribution in [0.2, 0.25) is 0 Å². The molecule has 6 heteroatoms. The number of rotatable bonds is 11. The van der Waals surface area contributed by atoms with Crippen molar-refractivity contribution in [2.24, 2.45) is 0 Å². The van der Waals surface area contributed by atoms with Crippen LogP contribution in [0.25, 0.3) is 35.7 Å². The predicted octanol–water partition coefficient (Wildman–Crippen LogP) is 8.30. The number of anilines is 2. The van der Waals surface area contributed by atoms with E-state index in [1.165, 1.54) is 19.8 Å². The third-order valence-electron chi connectivity index (χ3n) is 6.09. The first kappa shape index (κ1) is 25.9. The molecule has 4 heterocycles. The standard InChI is InChI=1S/C30H34N4S2/c1-5-33(6-2)29-15-13-25(35-29)11-9-23-17-19-31-27(21-23)28-22-24(18-20-32-28)10-12-26-14-16-30(36-26)34(7-3)8-4/h9-22H,5-8H2,1-4H3/b11-9+,12-10+. The molecule has 0 N–H and O–H groups in total. The Morgan fingerprint density at radius 1 is 0.583 bits per heavy atom. The summed E-state index contributed by atoms with van der Waals surface area (Å²) in [4.78, 5) is 16.4. The average Bonchev–Trinajstić information content (AvgIpc) is 3.58. The molecular weight excluding hydrogens is 480 g/mol. The molecule has 0 aromatic carbocycles. The molecule has 0 fully saturated rings. The van der Waals surface area contributed by atoms with Crippen LogP contribution in [0.4, 0.5) is 10.0 Å². The van der Waals surface area contributed by atoms with Gasteiger partial charge in [0.25, 0.3) is 0 Å². The molecular formula is C30H34N4S2. The zero-order chi connectivity index (χ0) is 25.3. The first-order valence-electron chi connectivity index (χ1n) is 12.6. The number of nitrogens with zero attached hydrogens (tertiary/aromatic N) is 4. The fourth-order valence-electron chi connectivity index (χ4n) is 4.01. The van der Waals surface area contributed by atoms with Gasteiger partial charge in [-0.1, -0.05) is 12.2 Å². The van der Waals surface area contributed by atoms with Crippen molar-refractivity contribution in [3.8, 4) is 11.4 Å². The number of pyridine rings is 2. The second kappa shape index (κ2) is 12.7. The van der Waals surface area contributed by atoms with Gasteiger partial charge in [0.1, 0.15) is 0 Å². The van der Waals surface area contributed by atoms with Crippen molar-refractivity contribution < 1.29 is 0 Å². The molecule has 0 spiro atoms. The van der Waals surface area contributed by atoms with Gasteiger partial charge in [-0.25, -0.2) is 0 Å². The molecule has 0 aliphatic rings. The lowest BCUT2D eigenvalue weighted by atomic mass is 10.1. The minimum atomic E-state index is 0.877. The molecule has 36 heavy (non-hydrogen) atoms. The Morgan fingerprint density at radius 3 is 1.39 bits per heavy atom. The molecule has 4 aromatic heterocycles. The number of thiophene rings is 2. The summed E-state index contributed by atoms with van der Waals surface area (Å²) in [6.45, 7) is 12.9. The lowest BCUT2D eigenvalue weighted by molar-refractivity contribution is 0.876. The van der Waals surface area contributed by atoms with Crippen molar-refractivity contribution in [1.29, 1.82) is 0 Å². The highest BCUT2D eigenvalue weighted by molar-refractivity contribution is 7.17. The van der Waals surface area contributed by atoms with E-state index in [1.807, 2.05) is 47.2 Å². The summed E-state index contributed by atoms with van der Waals surface area (Å²) < 4.78 is 0. The van der Waals surface area contributed by atoms with E-state index in [4.69, 9.17) is 0 Å². The van der Waals surface area contributed by atoms with Gasteiger partial charge in [-0.15, -0.1) is 22.7 Å². The topological polar surface area (TPSA) is 32.3 Å². The van der Waals surface area contributed by atoms with Gasteiger partial charge in [-0.3, -0.25) is 9.97 Å². The Morgan fingerprint density at radius 2 is 1.00 bits per heavy atom. The van der Waals surface area contributed by atoms with E-state index < -0.39 is 0 Å². The normalized spacial score (nSPS) is 11.6. The zero-order valence-electron chi connectivity index (χ0n) is 21.5. The summed E-state index contributed by atoms with van der Waals surface area (Å²) in [6, 6.07) is 17.1. The Bertz CT molecular complexity index is 1210. The minimum Gasteiger partial charge on any atom is -0.364 e. The van der Waals surface area contributed by atoms with E-state index in [0.29, 0.717) is 0 Å². The molecule has 0 amide bonds. The Balaban J connectivity index is 1.47. The maximum atomic E-state index is 4.59. The fraction of sp³-hybridized carbons (Fsp3) is 0.267. The quantitative estimate of drug-likeness (QED) is 0.201. The Labute approximate surface area is 223 Å². The van der Waals surface area contributed by atoms with Crippen LogP contribution in [0.15, 0.2) is 60.9 Å². The van der Waals surface area contributed by atoms with Crippen molar-refractivity contribution in [2.75, 3.05) is 36.0 Å². The summed E-state index contributed by atoms with van der Waals surface area (Å²) >= 11 is 3.65. The third kappa shape index (κ3) is 6.50. The molecule has 186 valence electrons. The van der Waals surface area contributed by atoms with E-state index in [0.717, 1.165) is 48.7 Å². The van der Waals surface area contributed by atoms with E-state index in [-0.39, 0.29) is 0 Å². The van der Waals surface area contributed by atoms with Crippen molar-refractivity contribution >= 4 is 57.0 Å². The third-order valence-corrected chi connectivity index (χ3v) is 8.31. The van der Waals surface area contributed by atoms with Gasteiger partial charge < -0.3 is 9.80 Å². The van der Waals surface area contributed by atoms with Crippen LogP contribution in [-0.2, 0) is 0 Å². The first-order valence-corrected chi connectivity index (χ1v) is 14.2. The molecule has 0 radical (unpaired) electrons. The molecule has 0 atom stereocenters. The maximum absolute atomic E-state index is 4.59. The van der Waals surface area contributed by atoms with E-state index >= 15 is 0 Å². The molecule has 0 bridgehead atoms. The Kier molecular flexibility index (Phi) is 9.09. The first-order chi connectivity index (χ1) is 17.6. The van der Waals surface area contributed by atoms with Gasteiger partial charge in [0.15, 0.2) is 0 Å². The van der Waals surface area contributed by atoms with Gasteiger partial charge in [0.2, 0.25) is 0 Å². The molecule has 0 saturated heterocycles. The highest BCUT2D eigenvalue weighted by Gasteiger charge is 2.06. The monoisotopic (exact) mass is 514 g/mol. The smallest absolute Gasteiger partial charge is 0.0914 e. The predicted molar refractivity (Wildman–Crippen MR) is 161 cm³/mol. The molecule has 0 unspecified atom stereocenters. The van der Waals surface area contributed by atoms with Gasteiger partial charge in [-0.2, -0.15) is 0 Å². The highest BCUT2D eigenvalue weighted by atomic mass is 32.1. The van der Waals surface area contributed by atoms with Crippen LogP contribution < -0.4 is 9.80 Å². The van der Waals surface area contributed by atoms with Crippen molar-refractivity contribution in [3.05, 3.63) is 81.8 Å². The van der Waals surface area contributed by atoms with Crippen molar-refractivity contribution in [2.45, 2.75) is 27.7 Å². The maximum Gasteiger partial charge on any atom is 0.0914 e. The zero-order valence-corrected chi connectivity index (χ0v) is 23.1. The lowest BCUT2D eigenvalue weighted by Crippen LogP contribution is -2.20.